The Hall–Kier alpha value is -0.740. The zero-order valence-corrected chi connectivity index (χ0v) is 10.5. The number of hydrazone groups is 1. The first kappa shape index (κ1) is 11.3. The average molecular weight is 271 g/mol. The van der Waals surface area contributed by atoms with Gasteiger partial charge in [-0.3, -0.25) is 0 Å². The standard InChI is InChI=1S/C10H11BrN2S/c1-13(2)12-7-10(14)8-3-5-9(11)6-4-8/h3-7H,1-2H3/b12-7+. The number of thiocarbonyl (C=S) groups is 1. The van der Waals surface area contributed by atoms with Crippen molar-refractivity contribution in [3.05, 3.63) is 34.3 Å². The lowest BCUT2D eigenvalue weighted by Gasteiger charge is -2.03. The summed E-state index contributed by atoms with van der Waals surface area (Å²) in [5.41, 5.74) is 1.01. The van der Waals surface area contributed by atoms with Crippen molar-refractivity contribution < 1.29 is 0 Å². The van der Waals surface area contributed by atoms with Crippen molar-refractivity contribution in [1.82, 2.24) is 5.01 Å². The number of halogens is 1. The summed E-state index contributed by atoms with van der Waals surface area (Å²) in [6.07, 6.45) is 1.68. The van der Waals surface area contributed by atoms with E-state index in [9.17, 15) is 0 Å². The van der Waals surface area contributed by atoms with Gasteiger partial charge in [-0.1, -0.05) is 40.3 Å². The highest BCUT2D eigenvalue weighted by molar-refractivity contribution is 9.10. The summed E-state index contributed by atoms with van der Waals surface area (Å²) < 4.78 is 1.05. The van der Waals surface area contributed by atoms with Crippen LogP contribution in [0.5, 0.6) is 0 Å². The van der Waals surface area contributed by atoms with E-state index in [1.165, 1.54) is 0 Å². The Balaban J connectivity index is 2.75. The molecule has 0 aromatic heterocycles. The van der Waals surface area contributed by atoms with Crippen molar-refractivity contribution in [3.63, 3.8) is 0 Å². The first-order valence-corrected chi connectivity index (χ1v) is 5.31. The van der Waals surface area contributed by atoms with Gasteiger partial charge >= 0.3 is 0 Å². The Kier molecular flexibility index (Phi) is 4.22. The molecule has 0 bridgehead atoms. The van der Waals surface area contributed by atoms with E-state index in [2.05, 4.69) is 21.0 Å². The molecule has 0 saturated carbocycles. The van der Waals surface area contributed by atoms with E-state index >= 15 is 0 Å². The molecule has 1 aromatic rings. The Labute approximate surface area is 97.7 Å². The maximum absolute atomic E-state index is 5.19. The zero-order chi connectivity index (χ0) is 10.6. The van der Waals surface area contributed by atoms with E-state index < -0.39 is 0 Å². The zero-order valence-electron chi connectivity index (χ0n) is 8.07. The fourth-order valence-electron chi connectivity index (χ4n) is 0.857. The molecule has 14 heavy (non-hydrogen) atoms. The molecule has 4 heteroatoms. The van der Waals surface area contributed by atoms with Crippen LogP contribution in [-0.4, -0.2) is 30.2 Å². The molecule has 0 heterocycles. The molecule has 1 aromatic carbocycles. The molecule has 0 aliphatic heterocycles. The van der Waals surface area contributed by atoms with Crippen LogP contribution >= 0.6 is 28.1 Å². The van der Waals surface area contributed by atoms with Crippen molar-refractivity contribution in [1.29, 1.82) is 0 Å². The van der Waals surface area contributed by atoms with Gasteiger partial charge in [0.15, 0.2) is 0 Å². The molecule has 0 unspecified atom stereocenters. The maximum atomic E-state index is 5.19. The van der Waals surface area contributed by atoms with E-state index in [0.29, 0.717) is 0 Å². The van der Waals surface area contributed by atoms with Gasteiger partial charge in [0, 0.05) is 18.6 Å². The Morgan fingerprint density at radius 3 is 2.43 bits per heavy atom. The van der Waals surface area contributed by atoms with Gasteiger partial charge in [-0.2, -0.15) is 5.10 Å². The second kappa shape index (κ2) is 5.22. The normalized spacial score (nSPS) is 10.5. The molecule has 0 spiro atoms. The second-order valence-corrected chi connectivity index (χ2v) is 4.32. The second-order valence-electron chi connectivity index (χ2n) is 2.96. The average Bonchev–Trinajstić information content (AvgIpc) is 2.15. The van der Waals surface area contributed by atoms with E-state index in [1.54, 1.807) is 11.2 Å². The van der Waals surface area contributed by atoms with E-state index in [0.717, 1.165) is 14.9 Å². The molecule has 74 valence electrons. The van der Waals surface area contributed by atoms with Crippen molar-refractivity contribution in [2.45, 2.75) is 0 Å². The summed E-state index contributed by atoms with van der Waals surface area (Å²) in [7, 11) is 3.72. The monoisotopic (exact) mass is 270 g/mol. The maximum Gasteiger partial charge on any atom is 0.0657 e. The minimum Gasteiger partial charge on any atom is -0.303 e. The third-order valence-corrected chi connectivity index (χ3v) is 2.40. The quantitative estimate of drug-likeness (QED) is 0.363. The van der Waals surface area contributed by atoms with E-state index in [-0.39, 0.29) is 0 Å². The van der Waals surface area contributed by atoms with Crippen LogP contribution in [0, 0.1) is 0 Å². The van der Waals surface area contributed by atoms with Gasteiger partial charge in [-0.05, 0) is 17.7 Å². The number of hydrogen-bond acceptors (Lipinski definition) is 3. The van der Waals surface area contributed by atoms with Crippen LogP contribution in [0.1, 0.15) is 5.56 Å². The van der Waals surface area contributed by atoms with Gasteiger partial charge in [-0.25, -0.2) is 0 Å². The molecule has 2 nitrogen and oxygen atoms in total. The number of benzene rings is 1. The Morgan fingerprint density at radius 2 is 1.93 bits per heavy atom. The third-order valence-electron chi connectivity index (χ3n) is 1.53. The fraction of sp³-hybridized carbons (Fsp3) is 0.200. The minimum absolute atomic E-state index is 0.742. The fourth-order valence-corrected chi connectivity index (χ4v) is 1.30. The molecule has 1 rings (SSSR count). The van der Waals surface area contributed by atoms with Crippen molar-refractivity contribution in [2.24, 2.45) is 5.10 Å². The van der Waals surface area contributed by atoms with Crippen LogP contribution in [0.3, 0.4) is 0 Å². The van der Waals surface area contributed by atoms with Gasteiger partial charge in [0.2, 0.25) is 0 Å². The van der Waals surface area contributed by atoms with Crippen LogP contribution in [0.4, 0.5) is 0 Å². The molecule has 0 aliphatic carbocycles. The molecular formula is C10H11BrN2S. The molecule has 0 radical (unpaired) electrons. The lowest BCUT2D eigenvalue weighted by atomic mass is 10.2. The first-order valence-electron chi connectivity index (χ1n) is 4.11. The molecule has 0 fully saturated rings. The largest absolute Gasteiger partial charge is 0.303 e. The predicted octanol–water partition coefficient (Wildman–Crippen LogP) is 2.71. The van der Waals surface area contributed by atoms with Crippen molar-refractivity contribution in [3.8, 4) is 0 Å². The Bertz CT molecular complexity index is 344. The van der Waals surface area contributed by atoms with Gasteiger partial charge in [-0.15, -0.1) is 0 Å². The third kappa shape index (κ3) is 3.55. The van der Waals surface area contributed by atoms with Gasteiger partial charge in [0.25, 0.3) is 0 Å². The predicted molar refractivity (Wildman–Crippen MR) is 68.0 cm³/mol. The highest BCUT2D eigenvalue weighted by atomic mass is 79.9. The highest BCUT2D eigenvalue weighted by Gasteiger charge is 1.97. The lowest BCUT2D eigenvalue weighted by molar-refractivity contribution is 0.441. The first-order chi connectivity index (χ1) is 6.59. The van der Waals surface area contributed by atoms with Crippen LogP contribution in [0.25, 0.3) is 0 Å². The molecule has 0 atom stereocenters. The topological polar surface area (TPSA) is 15.6 Å². The molecule has 0 amide bonds. The van der Waals surface area contributed by atoms with Gasteiger partial charge < -0.3 is 5.01 Å². The SMILES string of the molecule is CN(C)/N=C/C(=S)c1ccc(Br)cc1. The number of nitrogens with zero attached hydrogens (tertiary/aromatic N) is 2. The molecule has 0 N–H and O–H groups in total. The molecular weight excluding hydrogens is 260 g/mol. The number of rotatable bonds is 3. The smallest absolute Gasteiger partial charge is 0.0657 e. The van der Waals surface area contributed by atoms with Crippen LogP contribution in [0.2, 0.25) is 0 Å². The van der Waals surface area contributed by atoms with Gasteiger partial charge in [0.1, 0.15) is 0 Å². The van der Waals surface area contributed by atoms with Crippen LogP contribution in [-0.2, 0) is 0 Å². The van der Waals surface area contributed by atoms with Gasteiger partial charge in [0.05, 0.1) is 11.1 Å². The number of hydrogen-bond donors (Lipinski definition) is 0. The summed E-state index contributed by atoms with van der Waals surface area (Å²) in [4.78, 5) is 0.742. The highest BCUT2D eigenvalue weighted by Crippen LogP contribution is 2.10. The van der Waals surface area contributed by atoms with Crippen molar-refractivity contribution in [2.75, 3.05) is 14.1 Å². The lowest BCUT2D eigenvalue weighted by Crippen LogP contribution is -2.06. The van der Waals surface area contributed by atoms with E-state index in [4.69, 9.17) is 12.2 Å². The van der Waals surface area contributed by atoms with Crippen LogP contribution in [0.15, 0.2) is 33.8 Å². The summed E-state index contributed by atoms with van der Waals surface area (Å²) in [5, 5.41) is 5.79. The van der Waals surface area contributed by atoms with Crippen LogP contribution < -0.4 is 0 Å². The van der Waals surface area contributed by atoms with Crippen molar-refractivity contribution >= 4 is 39.2 Å². The molecule has 0 saturated heterocycles. The summed E-state index contributed by atoms with van der Waals surface area (Å²) in [6, 6.07) is 7.86. The molecule has 0 aliphatic rings. The van der Waals surface area contributed by atoms with E-state index in [1.807, 2.05) is 38.4 Å². The summed E-state index contributed by atoms with van der Waals surface area (Å²) >= 11 is 8.56. The Morgan fingerprint density at radius 1 is 1.36 bits per heavy atom. The summed E-state index contributed by atoms with van der Waals surface area (Å²) in [6.45, 7) is 0. The minimum atomic E-state index is 0.742. The summed E-state index contributed by atoms with van der Waals surface area (Å²) in [5.74, 6) is 0.